The Morgan fingerprint density at radius 3 is 2.55 bits per heavy atom. The molecule has 2 rings (SSSR count). The fourth-order valence-corrected chi connectivity index (χ4v) is 2.37. The van der Waals surface area contributed by atoms with Gasteiger partial charge in [-0.2, -0.15) is 0 Å². The Hall–Kier alpha value is -1.92. The van der Waals surface area contributed by atoms with Crippen LogP contribution in [-0.2, 0) is 11.2 Å². The fraction of sp³-hybridized carbons (Fsp3) is 0.133. The van der Waals surface area contributed by atoms with Crippen LogP contribution in [0.3, 0.4) is 0 Å². The molecule has 1 heterocycles. The molecule has 2 N–H and O–H groups in total. The Labute approximate surface area is 140 Å². The molecule has 1 aromatic carbocycles. The summed E-state index contributed by atoms with van der Waals surface area (Å²) in [5, 5.41) is 12.3. The molecule has 1 atom stereocenters. The van der Waals surface area contributed by atoms with Gasteiger partial charge < -0.3 is 10.4 Å². The zero-order valence-electron chi connectivity index (χ0n) is 11.3. The van der Waals surface area contributed by atoms with Gasteiger partial charge in [0.1, 0.15) is 10.6 Å². The van der Waals surface area contributed by atoms with Gasteiger partial charge in [-0.1, -0.05) is 17.7 Å². The third-order valence-electron chi connectivity index (χ3n) is 2.97. The van der Waals surface area contributed by atoms with E-state index in [1.54, 1.807) is 30.5 Å². The summed E-state index contributed by atoms with van der Waals surface area (Å²) in [5.41, 5.74) is 1.05. The summed E-state index contributed by atoms with van der Waals surface area (Å²) in [4.78, 5) is 27.5. The number of hydrogen-bond acceptors (Lipinski definition) is 3. The average Bonchev–Trinajstić information content (AvgIpc) is 2.49. The van der Waals surface area contributed by atoms with E-state index in [4.69, 9.17) is 11.6 Å². The SMILES string of the molecule is O=C(N[C@@H](Cc1cccnc1Br)C(=O)O)c1ccc(Cl)cc1. The number of carboxylic acid groups (broad SMARTS) is 1. The first-order chi connectivity index (χ1) is 10.5. The van der Waals surface area contributed by atoms with E-state index in [1.165, 1.54) is 12.1 Å². The molecule has 0 aliphatic carbocycles. The Morgan fingerprint density at radius 1 is 1.27 bits per heavy atom. The number of halogens is 2. The van der Waals surface area contributed by atoms with Crippen LogP contribution in [0.15, 0.2) is 47.2 Å². The molecular weight excluding hydrogens is 372 g/mol. The molecule has 0 saturated carbocycles. The molecule has 5 nitrogen and oxygen atoms in total. The van der Waals surface area contributed by atoms with Crippen molar-refractivity contribution >= 4 is 39.4 Å². The molecule has 1 aromatic heterocycles. The fourth-order valence-electron chi connectivity index (χ4n) is 1.83. The predicted octanol–water partition coefficient (Wildman–Crippen LogP) is 2.92. The number of pyridine rings is 1. The van der Waals surface area contributed by atoms with Crippen LogP contribution in [0.5, 0.6) is 0 Å². The third-order valence-corrected chi connectivity index (χ3v) is 3.94. The Balaban J connectivity index is 2.12. The summed E-state index contributed by atoms with van der Waals surface area (Å²) in [5.74, 6) is -1.58. The van der Waals surface area contributed by atoms with Crippen LogP contribution in [-0.4, -0.2) is 28.0 Å². The van der Waals surface area contributed by atoms with E-state index in [-0.39, 0.29) is 6.42 Å². The Morgan fingerprint density at radius 2 is 1.95 bits per heavy atom. The van der Waals surface area contributed by atoms with Gasteiger partial charge in [0.05, 0.1) is 0 Å². The summed E-state index contributed by atoms with van der Waals surface area (Å²) in [7, 11) is 0. The zero-order valence-corrected chi connectivity index (χ0v) is 13.6. The molecule has 2 aromatic rings. The predicted molar refractivity (Wildman–Crippen MR) is 86.0 cm³/mol. The summed E-state index contributed by atoms with van der Waals surface area (Å²) >= 11 is 9.02. The van der Waals surface area contributed by atoms with E-state index >= 15 is 0 Å². The van der Waals surface area contributed by atoms with Crippen molar-refractivity contribution in [1.29, 1.82) is 0 Å². The maximum atomic E-state index is 12.1. The quantitative estimate of drug-likeness (QED) is 0.778. The largest absolute Gasteiger partial charge is 0.480 e. The second kappa shape index (κ2) is 7.38. The highest BCUT2D eigenvalue weighted by Crippen LogP contribution is 2.15. The van der Waals surface area contributed by atoms with E-state index in [0.717, 1.165) is 0 Å². The van der Waals surface area contributed by atoms with Crippen molar-refractivity contribution in [2.75, 3.05) is 0 Å². The summed E-state index contributed by atoms with van der Waals surface area (Å²) in [6, 6.07) is 8.63. The van der Waals surface area contributed by atoms with Crippen LogP contribution in [0.2, 0.25) is 5.02 Å². The lowest BCUT2D eigenvalue weighted by molar-refractivity contribution is -0.139. The van der Waals surface area contributed by atoms with Gasteiger partial charge in [0.2, 0.25) is 0 Å². The second-order valence-electron chi connectivity index (χ2n) is 4.53. The number of aromatic nitrogens is 1. The zero-order chi connectivity index (χ0) is 16.1. The molecule has 0 saturated heterocycles. The number of aliphatic carboxylic acids is 1. The first-order valence-electron chi connectivity index (χ1n) is 6.36. The molecular formula is C15H12BrClN2O3. The number of nitrogens with one attached hydrogen (secondary N) is 1. The van der Waals surface area contributed by atoms with Crippen molar-refractivity contribution < 1.29 is 14.7 Å². The van der Waals surface area contributed by atoms with Crippen LogP contribution < -0.4 is 5.32 Å². The van der Waals surface area contributed by atoms with Gasteiger partial charge in [-0.3, -0.25) is 4.79 Å². The standard InChI is InChI=1S/C15H12BrClN2O3/c16-13-10(2-1-7-18-13)8-12(15(21)22)19-14(20)9-3-5-11(17)6-4-9/h1-7,12H,8H2,(H,19,20)(H,21,22)/t12-/m0/s1. The number of hydrogen-bond donors (Lipinski definition) is 2. The lowest BCUT2D eigenvalue weighted by Gasteiger charge is -2.15. The van der Waals surface area contributed by atoms with Gasteiger partial charge in [0.15, 0.2) is 0 Å². The van der Waals surface area contributed by atoms with E-state index in [0.29, 0.717) is 20.8 Å². The van der Waals surface area contributed by atoms with Gasteiger partial charge in [0.25, 0.3) is 5.91 Å². The van der Waals surface area contributed by atoms with Gasteiger partial charge >= 0.3 is 5.97 Å². The maximum Gasteiger partial charge on any atom is 0.326 e. The van der Waals surface area contributed by atoms with Gasteiger partial charge in [0, 0.05) is 23.2 Å². The van der Waals surface area contributed by atoms with Crippen molar-refractivity contribution in [3.63, 3.8) is 0 Å². The normalized spacial score (nSPS) is 11.7. The van der Waals surface area contributed by atoms with Crippen molar-refractivity contribution in [2.24, 2.45) is 0 Å². The van der Waals surface area contributed by atoms with E-state index < -0.39 is 17.9 Å². The van der Waals surface area contributed by atoms with Crippen LogP contribution in [0, 0.1) is 0 Å². The second-order valence-corrected chi connectivity index (χ2v) is 5.72. The molecule has 1 amide bonds. The van der Waals surface area contributed by atoms with Crippen molar-refractivity contribution in [3.8, 4) is 0 Å². The number of amides is 1. The number of carbonyl (C=O) groups excluding carboxylic acids is 1. The van der Waals surface area contributed by atoms with Crippen molar-refractivity contribution in [2.45, 2.75) is 12.5 Å². The lowest BCUT2D eigenvalue weighted by Crippen LogP contribution is -2.42. The lowest BCUT2D eigenvalue weighted by atomic mass is 10.1. The molecule has 0 unspecified atom stereocenters. The highest BCUT2D eigenvalue weighted by Gasteiger charge is 2.22. The molecule has 114 valence electrons. The van der Waals surface area contributed by atoms with E-state index in [1.807, 2.05) is 0 Å². The molecule has 0 spiro atoms. The highest BCUT2D eigenvalue weighted by atomic mass is 79.9. The summed E-state index contributed by atoms with van der Waals surface area (Å²) in [6.07, 6.45) is 1.72. The minimum Gasteiger partial charge on any atom is -0.480 e. The number of carboxylic acids is 1. The number of rotatable bonds is 5. The molecule has 0 aliphatic heterocycles. The third kappa shape index (κ3) is 4.29. The molecule has 7 heteroatoms. The minimum absolute atomic E-state index is 0.128. The molecule has 22 heavy (non-hydrogen) atoms. The molecule has 0 bridgehead atoms. The van der Waals surface area contributed by atoms with Crippen LogP contribution in [0.25, 0.3) is 0 Å². The highest BCUT2D eigenvalue weighted by molar-refractivity contribution is 9.10. The monoisotopic (exact) mass is 382 g/mol. The maximum absolute atomic E-state index is 12.1. The van der Waals surface area contributed by atoms with E-state index in [2.05, 4.69) is 26.2 Å². The first-order valence-corrected chi connectivity index (χ1v) is 7.53. The number of nitrogens with zero attached hydrogens (tertiary/aromatic N) is 1. The molecule has 0 radical (unpaired) electrons. The smallest absolute Gasteiger partial charge is 0.326 e. The number of carbonyl (C=O) groups is 2. The average molecular weight is 384 g/mol. The van der Waals surface area contributed by atoms with Crippen molar-refractivity contribution in [1.82, 2.24) is 10.3 Å². The summed E-state index contributed by atoms with van der Waals surface area (Å²) in [6.45, 7) is 0. The van der Waals surface area contributed by atoms with E-state index in [9.17, 15) is 14.7 Å². The molecule has 0 aliphatic rings. The summed E-state index contributed by atoms with van der Waals surface area (Å²) < 4.78 is 0.557. The van der Waals surface area contributed by atoms with Gasteiger partial charge in [-0.15, -0.1) is 0 Å². The molecule has 0 fully saturated rings. The first kappa shape index (κ1) is 16.5. The van der Waals surface area contributed by atoms with Gasteiger partial charge in [-0.25, -0.2) is 9.78 Å². The Kier molecular flexibility index (Phi) is 5.51. The van der Waals surface area contributed by atoms with Crippen LogP contribution >= 0.6 is 27.5 Å². The number of benzene rings is 1. The minimum atomic E-state index is -1.11. The topological polar surface area (TPSA) is 79.3 Å². The van der Waals surface area contributed by atoms with Crippen molar-refractivity contribution in [3.05, 3.63) is 63.3 Å². The Bertz CT molecular complexity index is 691. The van der Waals surface area contributed by atoms with Gasteiger partial charge in [-0.05, 0) is 51.8 Å². The van der Waals surface area contributed by atoms with Crippen LogP contribution in [0.4, 0.5) is 0 Å². The van der Waals surface area contributed by atoms with Crippen LogP contribution in [0.1, 0.15) is 15.9 Å².